The molecule has 2 aliphatic rings. The van der Waals surface area contributed by atoms with Gasteiger partial charge in [-0.3, -0.25) is 4.79 Å². The van der Waals surface area contributed by atoms with Gasteiger partial charge in [-0.2, -0.15) is 5.10 Å². The number of aromatic nitrogens is 2. The van der Waals surface area contributed by atoms with Crippen molar-refractivity contribution in [2.45, 2.75) is 46.1 Å². The second-order valence-electron chi connectivity index (χ2n) is 7.38. The summed E-state index contributed by atoms with van der Waals surface area (Å²) < 4.78 is 2.03. The maximum Gasteiger partial charge on any atom is 0.274 e. The zero-order valence-electron chi connectivity index (χ0n) is 15.7. The van der Waals surface area contributed by atoms with Crippen LogP contribution < -0.4 is 5.32 Å². The minimum absolute atomic E-state index is 0. The molecular weight excluding hydrogens is 348 g/mol. The molecule has 1 aromatic carbocycles. The minimum Gasteiger partial charge on any atom is -0.332 e. The number of benzene rings is 1. The first-order valence-electron chi connectivity index (χ1n) is 9.26. The van der Waals surface area contributed by atoms with Crippen LogP contribution in [0.5, 0.6) is 0 Å². The fraction of sp³-hybridized carbons (Fsp3) is 0.500. The Morgan fingerprint density at radius 1 is 1.27 bits per heavy atom. The van der Waals surface area contributed by atoms with Gasteiger partial charge in [0.05, 0.1) is 5.69 Å². The standard InChI is InChI=1S/C20H26N4O.ClH/c1-13-7-8-17(14(2)11-13)24-18-6-4-5-16(18)19(22-24)20(25)23-10-9-21-12-15(23)3;/h7-8,11,15,21H,4-6,9-10,12H2,1-3H3;1H/t15-;/m1./s1. The number of piperazine rings is 1. The molecule has 1 aliphatic heterocycles. The number of hydrogen-bond acceptors (Lipinski definition) is 3. The Labute approximate surface area is 161 Å². The number of fused-ring (bicyclic) bond motifs is 1. The predicted molar refractivity (Wildman–Crippen MR) is 106 cm³/mol. The lowest BCUT2D eigenvalue weighted by molar-refractivity contribution is 0.0648. The molecule has 4 rings (SSSR count). The topological polar surface area (TPSA) is 50.2 Å². The quantitative estimate of drug-likeness (QED) is 0.879. The smallest absolute Gasteiger partial charge is 0.274 e. The van der Waals surface area contributed by atoms with E-state index >= 15 is 0 Å². The van der Waals surface area contributed by atoms with Crippen molar-refractivity contribution in [1.29, 1.82) is 0 Å². The van der Waals surface area contributed by atoms with Gasteiger partial charge in [0.25, 0.3) is 5.91 Å². The van der Waals surface area contributed by atoms with Gasteiger partial charge in [-0.05, 0) is 51.7 Å². The maximum absolute atomic E-state index is 13.2. The summed E-state index contributed by atoms with van der Waals surface area (Å²) in [5, 5.41) is 8.15. The third kappa shape index (κ3) is 3.14. The van der Waals surface area contributed by atoms with Gasteiger partial charge in [-0.1, -0.05) is 17.7 Å². The van der Waals surface area contributed by atoms with Gasteiger partial charge >= 0.3 is 0 Å². The third-order valence-electron chi connectivity index (χ3n) is 5.48. The maximum atomic E-state index is 13.2. The van der Waals surface area contributed by atoms with Crippen molar-refractivity contribution in [3.05, 3.63) is 46.3 Å². The molecule has 0 unspecified atom stereocenters. The Kier molecular flexibility index (Phi) is 5.39. The summed E-state index contributed by atoms with van der Waals surface area (Å²) in [4.78, 5) is 15.2. The Bertz CT molecular complexity index is 829. The molecular formula is C20H27ClN4O. The minimum atomic E-state index is 0. The van der Waals surface area contributed by atoms with Crippen LogP contribution in [0.3, 0.4) is 0 Å². The first kappa shape index (κ1) is 18.9. The van der Waals surface area contributed by atoms with Gasteiger partial charge in [0.2, 0.25) is 0 Å². The monoisotopic (exact) mass is 374 g/mol. The highest BCUT2D eigenvalue weighted by Crippen LogP contribution is 2.30. The van der Waals surface area contributed by atoms with E-state index in [0.717, 1.165) is 50.1 Å². The number of aryl methyl sites for hydroxylation is 2. The molecule has 0 saturated carbocycles. The van der Waals surface area contributed by atoms with Gasteiger partial charge in [0.1, 0.15) is 0 Å². The first-order chi connectivity index (χ1) is 12.1. The number of nitrogens with one attached hydrogen (secondary N) is 1. The summed E-state index contributed by atoms with van der Waals surface area (Å²) in [5.74, 6) is 0.0932. The van der Waals surface area contributed by atoms with Crippen molar-refractivity contribution in [1.82, 2.24) is 20.0 Å². The van der Waals surface area contributed by atoms with Crippen molar-refractivity contribution < 1.29 is 4.79 Å². The highest BCUT2D eigenvalue weighted by atomic mass is 35.5. The zero-order valence-corrected chi connectivity index (χ0v) is 16.5. The van der Waals surface area contributed by atoms with Crippen molar-refractivity contribution in [2.75, 3.05) is 19.6 Å². The largest absolute Gasteiger partial charge is 0.332 e. The molecule has 140 valence electrons. The first-order valence-corrected chi connectivity index (χ1v) is 9.26. The molecule has 1 aliphatic carbocycles. The SMILES string of the molecule is Cc1ccc(-n2nc(C(=O)N3CCNC[C@H]3C)c3c2CCC3)c(C)c1.Cl. The highest BCUT2D eigenvalue weighted by molar-refractivity contribution is 5.94. The molecule has 26 heavy (non-hydrogen) atoms. The Morgan fingerprint density at radius 2 is 2.08 bits per heavy atom. The van der Waals surface area contributed by atoms with Gasteiger partial charge < -0.3 is 10.2 Å². The van der Waals surface area contributed by atoms with Gasteiger partial charge in [-0.15, -0.1) is 12.4 Å². The third-order valence-corrected chi connectivity index (χ3v) is 5.48. The number of carbonyl (C=O) groups excluding carboxylic acids is 1. The highest BCUT2D eigenvalue weighted by Gasteiger charge is 2.32. The molecule has 1 aromatic heterocycles. The van der Waals surface area contributed by atoms with Gasteiger partial charge in [0, 0.05) is 36.9 Å². The lowest BCUT2D eigenvalue weighted by Gasteiger charge is -2.33. The van der Waals surface area contributed by atoms with Crippen LogP contribution in [0.15, 0.2) is 18.2 Å². The molecule has 0 radical (unpaired) electrons. The Morgan fingerprint density at radius 3 is 2.81 bits per heavy atom. The molecule has 1 amide bonds. The fourth-order valence-corrected chi connectivity index (χ4v) is 4.13. The van der Waals surface area contributed by atoms with Crippen LogP contribution in [0.25, 0.3) is 5.69 Å². The van der Waals surface area contributed by atoms with E-state index in [1.807, 2.05) is 9.58 Å². The Hall–Kier alpha value is -1.85. The number of amides is 1. The summed E-state index contributed by atoms with van der Waals surface area (Å²) >= 11 is 0. The van der Waals surface area contributed by atoms with Crippen molar-refractivity contribution >= 4 is 18.3 Å². The summed E-state index contributed by atoms with van der Waals surface area (Å²) in [6, 6.07) is 6.63. The second kappa shape index (κ2) is 7.41. The molecule has 6 heteroatoms. The summed E-state index contributed by atoms with van der Waals surface area (Å²) in [5.41, 5.74) is 6.59. The average Bonchev–Trinajstić information content (AvgIpc) is 3.18. The van der Waals surface area contributed by atoms with Crippen LogP contribution in [0.1, 0.15) is 46.2 Å². The number of rotatable bonds is 2. The molecule has 0 spiro atoms. The predicted octanol–water partition coefficient (Wildman–Crippen LogP) is 2.83. The molecule has 2 aromatic rings. The fourth-order valence-electron chi connectivity index (χ4n) is 4.13. The van der Waals surface area contributed by atoms with E-state index in [9.17, 15) is 4.79 Å². The van der Waals surface area contributed by atoms with Crippen LogP contribution in [-0.2, 0) is 12.8 Å². The zero-order chi connectivity index (χ0) is 17.6. The second-order valence-corrected chi connectivity index (χ2v) is 7.38. The van der Waals surface area contributed by atoms with E-state index in [2.05, 4.69) is 44.3 Å². The summed E-state index contributed by atoms with van der Waals surface area (Å²) in [6.07, 6.45) is 3.07. The van der Waals surface area contributed by atoms with Crippen molar-refractivity contribution in [2.24, 2.45) is 0 Å². The van der Waals surface area contributed by atoms with Crippen LogP contribution in [0.4, 0.5) is 0 Å². The number of nitrogens with zero attached hydrogens (tertiary/aromatic N) is 3. The van der Waals surface area contributed by atoms with E-state index in [-0.39, 0.29) is 24.4 Å². The number of carbonyl (C=O) groups is 1. The van der Waals surface area contributed by atoms with Gasteiger partial charge in [-0.25, -0.2) is 4.68 Å². The van der Waals surface area contributed by atoms with Crippen LogP contribution in [0.2, 0.25) is 0 Å². The lowest BCUT2D eigenvalue weighted by atomic mass is 10.1. The summed E-state index contributed by atoms with van der Waals surface area (Å²) in [7, 11) is 0. The molecule has 0 bridgehead atoms. The van der Waals surface area contributed by atoms with E-state index < -0.39 is 0 Å². The van der Waals surface area contributed by atoms with E-state index in [1.54, 1.807) is 0 Å². The average molecular weight is 375 g/mol. The van der Waals surface area contributed by atoms with Crippen molar-refractivity contribution in [3.63, 3.8) is 0 Å². The molecule has 1 fully saturated rings. The Balaban J connectivity index is 0.00000196. The molecule has 1 saturated heterocycles. The normalized spacial score (nSPS) is 19.2. The van der Waals surface area contributed by atoms with Crippen LogP contribution in [-0.4, -0.2) is 46.3 Å². The van der Waals surface area contributed by atoms with Crippen LogP contribution in [0, 0.1) is 13.8 Å². The molecule has 5 nitrogen and oxygen atoms in total. The van der Waals surface area contributed by atoms with E-state index in [1.165, 1.54) is 16.8 Å². The van der Waals surface area contributed by atoms with E-state index in [0.29, 0.717) is 5.69 Å². The van der Waals surface area contributed by atoms with E-state index in [4.69, 9.17) is 5.10 Å². The number of halogens is 1. The lowest BCUT2D eigenvalue weighted by Crippen LogP contribution is -2.52. The molecule has 1 atom stereocenters. The van der Waals surface area contributed by atoms with Gasteiger partial charge in [0.15, 0.2) is 5.69 Å². The van der Waals surface area contributed by atoms with Crippen molar-refractivity contribution in [3.8, 4) is 5.69 Å². The molecule has 1 N–H and O–H groups in total. The molecule has 2 heterocycles. The number of hydrogen-bond donors (Lipinski definition) is 1. The summed E-state index contributed by atoms with van der Waals surface area (Å²) in [6.45, 7) is 8.79. The van der Waals surface area contributed by atoms with Crippen LogP contribution >= 0.6 is 12.4 Å².